The minimum atomic E-state index is -0.513. The molecular weight excluding hydrogens is 348 g/mol. The molecule has 1 atom stereocenters. The Labute approximate surface area is 156 Å². The highest BCUT2D eigenvalue weighted by molar-refractivity contribution is 7.13. The number of rotatable bonds is 5. The number of aryl methyl sites for hydroxylation is 2. The largest absolute Gasteiger partial charge is 0.451 e. The fourth-order valence-electron chi connectivity index (χ4n) is 2.91. The minimum absolute atomic E-state index is 0.195. The van der Waals surface area contributed by atoms with Crippen LogP contribution in [0.3, 0.4) is 0 Å². The van der Waals surface area contributed by atoms with Gasteiger partial charge < -0.3 is 10.1 Å². The van der Waals surface area contributed by atoms with Crippen molar-refractivity contribution in [2.24, 2.45) is 0 Å². The van der Waals surface area contributed by atoms with Gasteiger partial charge in [0, 0.05) is 0 Å². The SMILES string of the molecule is Cc1nc(C)c(C(=O)OCC(=O)NC(C)c2cccc3ccccc23)s1. The van der Waals surface area contributed by atoms with Gasteiger partial charge in [0.2, 0.25) is 0 Å². The monoisotopic (exact) mass is 368 g/mol. The van der Waals surface area contributed by atoms with E-state index in [1.54, 1.807) is 6.92 Å². The lowest BCUT2D eigenvalue weighted by Gasteiger charge is -2.16. The lowest BCUT2D eigenvalue weighted by atomic mass is 10.00. The molecule has 1 heterocycles. The Bertz CT molecular complexity index is 959. The van der Waals surface area contributed by atoms with E-state index in [0.29, 0.717) is 10.6 Å². The molecule has 1 amide bonds. The highest BCUT2D eigenvalue weighted by Gasteiger charge is 2.18. The lowest BCUT2D eigenvalue weighted by molar-refractivity contribution is -0.124. The third kappa shape index (κ3) is 3.91. The molecule has 1 N–H and O–H groups in total. The predicted molar refractivity (Wildman–Crippen MR) is 102 cm³/mol. The highest BCUT2D eigenvalue weighted by Crippen LogP contribution is 2.24. The smallest absolute Gasteiger partial charge is 0.350 e. The Kier molecular flexibility index (Phi) is 5.32. The summed E-state index contributed by atoms with van der Waals surface area (Å²) in [6.07, 6.45) is 0. The highest BCUT2D eigenvalue weighted by atomic mass is 32.1. The molecular formula is C20H20N2O3S. The maximum Gasteiger partial charge on any atom is 0.350 e. The number of ether oxygens (including phenoxy) is 1. The molecule has 0 bridgehead atoms. The number of hydrogen-bond donors (Lipinski definition) is 1. The van der Waals surface area contributed by atoms with Gasteiger partial charge in [0.25, 0.3) is 5.91 Å². The number of hydrogen-bond acceptors (Lipinski definition) is 5. The molecule has 0 fully saturated rings. The van der Waals surface area contributed by atoms with E-state index in [0.717, 1.165) is 21.3 Å². The fourth-order valence-corrected chi connectivity index (χ4v) is 3.72. The van der Waals surface area contributed by atoms with Gasteiger partial charge in [0.15, 0.2) is 6.61 Å². The topological polar surface area (TPSA) is 68.3 Å². The fraction of sp³-hybridized carbons (Fsp3) is 0.250. The van der Waals surface area contributed by atoms with E-state index < -0.39 is 5.97 Å². The second-order valence-electron chi connectivity index (χ2n) is 6.08. The molecule has 1 unspecified atom stereocenters. The maximum absolute atomic E-state index is 12.2. The summed E-state index contributed by atoms with van der Waals surface area (Å²) in [4.78, 5) is 28.9. The van der Waals surface area contributed by atoms with Gasteiger partial charge >= 0.3 is 5.97 Å². The van der Waals surface area contributed by atoms with Crippen LogP contribution >= 0.6 is 11.3 Å². The van der Waals surface area contributed by atoms with Crippen LogP contribution in [0, 0.1) is 13.8 Å². The molecule has 0 aliphatic carbocycles. The molecule has 5 nitrogen and oxygen atoms in total. The summed E-state index contributed by atoms with van der Waals surface area (Å²) >= 11 is 1.27. The Morgan fingerprint density at radius 3 is 2.62 bits per heavy atom. The molecule has 134 valence electrons. The van der Waals surface area contributed by atoms with Gasteiger partial charge in [0.05, 0.1) is 16.7 Å². The number of carbonyl (C=O) groups is 2. The van der Waals surface area contributed by atoms with Crippen LogP contribution in [0.1, 0.15) is 38.9 Å². The zero-order valence-electron chi connectivity index (χ0n) is 14.9. The summed E-state index contributed by atoms with van der Waals surface area (Å²) < 4.78 is 5.13. The van der Waals surface area contributed by atoms with E-state index in [9.17, 15) is 9.59 Å². The number of aromatic nitrogens is 1. The van der Waals surface area contributed by atoms with E-state index in [-0.39, 0.29) is 18.6 Å². The molecule has 0 saturated heterocycles. The van der Waals surface area contributed by atoms with Crippen LogP contribution in [0.5, 0.6) is 0 Å². The van der Waals surface area contributed by atoms with Crippen LogP contribution in [0.2, 0.25) is 0 Å². The van der Waals surface area contributed by atoms with Gasteiger partial charge in [-0.05, 0) is 37.1 Å². The molecule has 0 saturated carbocycles. The van der Waals surface area contributed by atoms with E-state index in [1.807, 2.05) is 56.3 Å². The summed E-state index contributed by atoms with van der Waals surface area (Å²) in [6.45, 7) is 5.18. The van der Waals surface area contributed by atoms with Gasteiger partial charge in [-0.3, -0.25) is 4.79 Å². The summed E-state index contributed by atoms with van der Waals surface area (Å²) in [7, 11) is 0. The second-order valence-corrected chi connectivity index (χ2v) is 7.28. The predicted octanol–water partition coefficient (Wildman–Crippen LogP) is 3.95. The molecule has 0 aliphatic rings. The molecule has 6 heteroatoms. The zero-order chi connectivity index (χ0) is 18.7. The lowest BCUT2D eigenvalue weighted by Crippen LogP contribution is -2.31. The van der Waals surface area contributed by atoms with E-state index in [4.69, 9.17) is 4.74 Å². The van der Waals surface area contributed by atoms with Crippen molar-refractivity contribution in [1.29, 1.82) is 0 Å². The quantitative estimate of drug-likeness (QED) is 0.693. The first-order chi connectivity index (χ1) is 12.5. The minimum Gasteiger partial charge on any atom is -0.451 e. The second kappa shape index (κ2) is 7.66. The Morgan fingerprint density at radius 1 is 1.15 bits per heavy atom. The summed E-state index contributed by atoms with van der Waals surface area (Å²) in [6, 6.07) is 13.8. The van der Waals surface area contributed by atoms with Gasteiger partial charge in [0.1, 0.15) is 4.88 Å². The number of carbonyl (C=O) groups excluding carboxylic acids is 2. The van der Waals surface area contributed by atoms with Crippen LogP contribution < -0.4 is 5.32 Å². The number of nitrogens with one attached hydrogen (secondary N) is 1. The van der Waals surface area contributed by atoms with Crippen molar-refractivity contribution in [1.82, 2.24) is 10.3 Å². The Morgan fingerprint density at radius 2 is 1.88 bits per heavy atom. The molecule has 1 aromatic heterocycles. The molecule has 3 aromatic rings. The standard InChI is InChI=1S/C20H20N2O3S/c1-12(16-10-6-8-15-7-4-5-9-17(15)16)22-18(23)11-25-20(24)19-13(2)21-14(3)26-19/h4-10,12H,11H2,1-3H3,(H,22,23). The average molecular weight is 368 g/mol. The number of nitrogens with zero attached hydrogens (tertiary/aromatic N) is 1. The van der Waals surface area contributed by atoms with Crippen LogP contribution in [0.4, 0.5) is 0 Å². The van der Waals surface area contributed by atoms with Gasteiger partial charge in [-0.25, -0.2) is 9.78 Å². The van der Waals surface area contributed by atoms with Crippen molar-refractivity contribution in [2.75, 3.05) is 6.61 Å². The summed E-state index contributed by atoms with van der Waals surface area (Å²) in [5, 5.41) is 5.89. The molecule has 3 rings (SSSR count). The van der Waals surface area contributed by atoms with Gasteiger partial charge in [-0.15, -0.1) is 11.3 Å². The third-order valence-electron chi connectivity index (χ3n) is 4.09. The number of esters is 1. The normalized spacial score (nSPS) is 12.0. The molecule has 0 spiro atoms. The first-order valence-electron chi connectivity index (χ1n) is 8.34. The van der Waals surface area contributed by atoms with Crippen molar-refractivity contribution in [3.05, 3.63) is 63.6 Å². The Balaban J connectivity index is 1.62. The van der Waals surface area contributed by atoms with Gasteiger partial charge in [-0.2, -0.15) is 0 Å². The first-order valence-corrected chi connectivity index (χ1v) is 9.15. The molecule has 2 aromatic carbocycles. The van der Waals surface area contributed by atoms with Crippen LogP contribution in [-0.4, -0.2) is 23.5 Å². The summed E-state index contributed by atoms with van der Waals surface area (Å²) in [5.41, 5.74) is 1.65. The number of fused-ring (bicyclic) bond motifs is 1. The van der Waals surface area contributed by atoms with Crippen LogP contribution in [0.25, 0.3) is 10.8 Å². The average Bonchev–Trinajstić information content (AvgIpc) is 2.97. The molecule has 0 radical (unpaired) electrons. The van der Waals surface area contributed by atoms with Crippen molar-refractivity contribution < 1.29 is 14.3 Å². The Hall–Kier alpha value is -2.73. The first kappa shape index (κ1) is 18.1. The van der Waals surface area contributed by atoms with E-state index in [2.05, 4.69) is 10.3 Å². The van der Waals surface area contributed by atoms with Crippen molar-refractivity contribution in [2.45, 2.75) is 26.8 Å². The van der Waals surface area contributed by atoms with E-state index >= 15 is 0 Å². The zero-order valence-corrected chi connectivity index (χ0v) is 15.7. The van der Waals surface area contributed by atoms with Crippen LogP contribution in [0.15, 0.2) is 42.5 Å². The van der Waals surface area contributed by atoms with Crippen molar-refractivity contribution in [3.63, 3.8) is 0 Å². The maximum atomic E-state index is 12.2. The molecule has 26 heavy (non-hydrogen) atoms. The number of thiazole rings is 1. The third-order valence-corrected chi connectivity index (χ3v) is 5.14. The van der Waals surface area contributed by atoms with Crippen LogP contribution in [-0.2, 0) is 9.53 Å². The van der Waals surface area contributed by atoms with Crippen molar-refractivity contribution in [3.8, 4) is 0 Å². The van der Waals surface area contributed by atoms with Crippen molar-refractivity contribution >= 4 is 34.0 Å². The number of benzene rings is 2. The molecule has 0 aliphatic heterocycles. The van der Waals surface area contributed by atoms with Gasteiger partial charge in [-0.1, -0.05) is 42.5 Å². The summed E-state index contributed by atoms with van der Waals surface area (Å²) in [5.74, 6) is -0.848. The number of amides is 1. The van der Waals surface area contributed by atoms with E-state index in [1.165, 1.54) is 11.3 Å².